The first kappa shape index (κ1) is 9.89. The van der Waals surface area contributed by atoms with Gasteiger partial charge in [0.05, 0.1) is 6.10 Å². The lowest BCUT2D eigenvalue weighted by atomic mass is 9.92. The van der Waals surface area contributed by atoms with Crippen LogP contribution in [0.3, 0.4) is 0 Å². The summed E-state index contributed by atoms with van der Waals surface area (Å²) in [5.41, 5.74) is 0. The number of β-lactam (4-membered cyclic amide) rings is 1. The van der Waals surface area contributed by atoms with Crippen LogP contribution in [0.4, 0.5) is 0 Å². The zero-order valence-electron chi connectivity index (χ0n) is 8.52. The van der Waals surface area contributed by atoms with Gasteiger partial charge in [-0.15, -0.1) is 0 Å². The lowest BCUT2D eigenvalue weighted by Gasteiger charge is -2.47. The lowest BCUT2D eigenvalue weighted by Crippen LogP contribution is -2.68. The Morgan fingerprint density at radius 1 is 1.50 bits per heavy atom. The Balaban J connectivity index is 1.99. The smallest absolute Gasteiger partial charge is 0.232 e. The summed E-state index contributed by atoms with van der Waals surface area (Å²) in [6, 6.07) is 0. The highest BCUT2D eigenvalue weighted by Gasteiger charge is 2.50. The van der Waals surface area contributed by atoms with E-state index in [9.17, 15) is 4.79 Å². The SMILES string of the molecule is COC(C)C1OC(C)C2C(=O)NC2O1. The number of carbonyl (C=O) groups excluding carboxylic acids is 1. The number of hydrogen-bond donors (Lipinski definition) is 1. The first-order valence-electron chi connectivity index (χ1n) is 4.77. The van der Waals surface area contributed by atoms with Crippen molar-refractivity contribution < 1.29 is 19.0 Å². The van der Waals surface area contributed by atoms with Crippen molar-refractivity contribution in [2.24, 2.45) is 5.92 Å². The molecule has 5 unspecified atom stereocenters. The molecule has 0 aromatic rings. The number of nitrogens with one attached hydrogen (secondary N) is 1. The number of amides is 1. The highest BCUT2D eigenvalue weighted by Crippen LogP contribution is 2.30. The third-order valence-corrected chi connectivity index (χ3v) is 2.80. The van der Waals surface area contributed by atoms with Crippen molar-refractivity contribution in [1.82, 2.24) is 5.32 Å². The maximum atomic E-state index is 11.1. The summed E-state index contributed by atoms with van der Waals surface area (Å²) in [5.74, 6) is -0.152. The van der Waals surface area contributed by atoms with Crippen molar-refractivity contribution in [3.8, 4) is 0 Å². The van der Waals surface area contributed by atoms with Gasteiger partial charge in [0.15, 0.2) is 6.29 Å². The molecule has 2 heterocycles. The Labute approximate surface area is 82.7 Å². The van der Waals surface area contributed by atoms with Crippen LogP contribution in [0.15, 0.2) is 0 Å². The third-order valence-electron chi connectivity index (χ3n) is 2.80. The fourth-order valence-corrected chi connectivity index (χ4v) is 1.75. The molecule has 0 aliphatic carbocycles. The summed E-state index contributed by atoms with van der Waals surface area (Å²) in [6.07, 6.45) is -0.827. The molecule has 0 spiro atoms. The van der Waals surface area contributed by atoms with Gasteiger partial charge in [-0.05, 0) is 13.8 Å². The van der Waals surface area contributed by atoms with Gasteiger partial charge in [0.1, 0.15) is 18.2 Å². The summed E-state index contributed by atoms with van der Waals surface area (Å²) in [7, 11) is 1.60. The quantitative estimate of drug-likeness (QED) is 0.631. The average Bonchev–Trinajstić information content (AvgIpc) is 2.13. The van der Waals surface area contributed by atoms with Gasteiger partial charge in [-0.2, -0.15) is 0 Å². The summed E-state index contributed by atoms with van der Waals surface area (Å²) >= 11 is 0. The molecular weight excluding hydrogens is 186 g/mol. The van der Waals surface area contributed by atoms with Gasteiger partial charge in [-0.1, -0.05) is 0 Å². The van der Waals surface area contributed by atoms with E-state index in [1.54, 1.807) is 7.11 Å². The van der Waals surface area contributed by atoms with E-state index in [4.69, 9.17) is 14.2 Å². The van der Waals surface area contributed by atoms with Crippen LogP contribution in [0, 0.1) is 5.92 Å². The van der Waals surface area contributed by atoms with Crippen LogP contribution in [-0.4, -0.2) is 37.7 Å². The van der Waals surface area contributed by atoms with Crippen LogP contribution >= 0.6 is 0 Å². The predicted octanol–water partition coefficient (Wildman–Crippen LogP) is -0.145. The highest BCUT2D eigenvalue weighted by molar-refractivity contribution is 5.85. The van der Waals surface area contributed by atoms with E-state index in [0.29, 0.717) is 0 Å². The van der Waals surface area contributed by atoms with Gasteiger partial charge in [0.25, 0.3) is 0 Å². The second kappa shape index (κ2) is 3.49. The van der Waals surface area contributed by atoms with Gasteiger partial charge in [-0.25, -0.2) is 0 Å². The van der Waals surface area contributed by atoms with E-state index in [1.165, 1.54) is 0 Å². The molecule has 5 nitrogen and oxygen atoms in total. The molecule has 0 aromatic heterocycles. The van der Waals surface area contributed by atoms with E-state index in [-0.39, 0.29) is 30.3 Å². The van der Waals surface area contributed by atoms with Crippen LogP contribution in [0.1, 0.15) is 13.8 Å². The molecule has 2 rings (SSSR count). The Kier molecular flexibility index (Phi) is 2.47. The molecule has 0 saturated carbocycles. The van der Waals surface area contributed by atoms with Crippen LogP contribution in [0.5, 0.6) is 0 Å². The van der Waals surface area contributed by atoms with Gasteiger partial charge in [-0.3, -0.25) is 4.79 Å². The number of carbonyl (C=O) groups is 1. The van der Waals surface area contributed by atoms with Crippen molar-refractivity contribution in [2.75, 3.05) is 7.11 Å². The number of rotatable bonds is 2. The summed E-state index contributed by atoms with van der Waals surface area (Å²) < 4.78 is 16.1. The van der Waals surface area contributed by atoms with Gasteiger partial charge in [0, 0.05) is 7.11 Å². The number of methoxy groups -OCH3 is 1. The maximum Gasteiger partial charge on any atom is 0.232 e. The number of hydrogen-bond acceptors (Lipinski definition) is 4. The normalized spacial score (nSPS) is 43.5. The summed E-state index contributed by atoms with van der Waals surface area (Å²) in [4.78, 5) is 11.1. The molecule has 0 radical (unpaired) electrons. The zero-order chi connectivity index (χ0) is 10.3. The molecule has 80 valence electrons. The van der Waals surface area contributed by atoms with Crippen LogP contribution < -0.4 is 5.32 Å². The minimum Gasteiger partial charge on any atom is -0.376 e. The Hall–Kier alpha value is -0.650. The third kappa shape index (κ3) is 1.41. The molecule has 1 N–H and O–H groups in total. The molecular formula is C9H15NO4. The zero-order valence-corrected chi connectivity index (χ0v) is 8.52. The predicted molar refractivity (Wildman–Crippen MR) is 47.3 cm³/mol. The van der Waals surface area contributed by atoms with Gasteiger partial charge in [0.2, 0.25) is 5.91 Å². The van der Waals surface area contributed by atoms with Crippen LogP contribution in [-0.2, 0) is 19.0 Å². The van der Waals surface area contributed by atoms with Crippen molar-refractivity contribution in [1.29, 1.82) is 0 Å². The van der Waals surface area contributed by atoms with Gasteiger partial charge < -0.3 is 19.5 Å². The molecule has 2 saturated heterocycles. The summed E-state index contributed by atoms with van der Waals surface area (Å²) in [5, 5.41) is 2.69. The second-order valence-corrected chi connectivity index (χ2v) is 3.74. The number of ether oxygens (including phenoxy) is 3. The minimum absolute atomic E-state index is 0.00557. The van der Waals surface area contributed by atoms with E-state index in [2.05, 4.69) is 5.32 Å². The fourth-order valence-electron chi connectivity index (χ4n) is 1.75. The Morgan fingerprint density at radius 2 is 2.21 bits per heavy atom. The Morgan fingerprint density at radius 3 is 2.71 bits per heavy atom. The summed E-state index contributed by atoms with van der Waals surface area (Å²) in [6.45, 7) is 3.76. The molecule has 14 heavy (non-hydrogen) atoms. The molecule has 5 atom stereocenters. The molecule has 5 heteroatoms. The molecule has 0 bridgehead atoms. The minimum atomic E-state index is -0.392. The van der Waals surface area contributed by atoms with Crippen molar-refractivity contribution >= 4 is 5.91 Å². The lowest BCUT2D eigenvalue weighted by molar-refractivity contribution is -0.308. The van der Waals surface area contributed by atoms with E-state index in [0.717, 1.165) is 0 Å². The number of fused-ring (bicyclic) bond motifs is 1. The molecule has 0 aromatic carbocycles. The largest absolute Gasteiger partial charge is 0.376 e. The maximum absolute atomic E-state index is 11.1. The van der Waals surface area contributed by atoms with Gasteiger partial charge >= 0.3 is 0 Å². The van der Waals surface area contributed by atoms with E-state index in [1.807, 2.05) is 13.8 Å². The first-order valence-corrected chi connectivity index (χ1v) is 4.77. The van der Waals surface area contributed by atoms with Crippen LogP contribution in [0.25, 0.3) is 0 Å². The van der Waals surface area contributed by atoms with Crippen molar-refractivity contribution in [3.63, 3.8) is 0 Å². The molecule has 1 amide bonds. The second-order valence-electron chi connectivity index (χ2n) is 3.74. The average molecular weight is 201 g/mol. The monoisotopic (exact) mass is 201 g/mol. The molecule has 2 aliphatic rings. The molecule has 2 aliphatic heterocycles. The van der Waals surface area contributed by atoms with Crippen molar-refractivity contribution in [3.05, 3.63) is 0 Å². The topological polar surface area (TPSA) is 56.8 Å². The van der Waals surface area contributed by atoms with Crippen molar-refractivity contribution in [2.45, 2.75) is 38.6 Å². The first-order chi connectivity index (χ1) is 6.63. The standard InChI is InChI=1S/C9H15NO4/c1-4-6-7(11)10-8(6)14-9(13-4)5(2)12-3/h4-6,8-9H,1-3H3,(H,10,11). The van der Waals surface area contributed by atoms with E-state index >= 15 is 0 Å². The van der Waals surface area contributed by atoms with E-state index < -0.39 is 6.29 Å². The highest BCUT2D eigenvalue weighted by atomic mass is 16.7. The Bertz CT molecular complexity index is 237. The van der Waals surface area contributed by atoms with Crippen LogP contribution in [0.2, 0.25) is 0 Å². The fraction of sp³-hybridized carbons (Fsp3) is 0.889. The molecule has 2 fully saturated rings.